The Bertz CT molecular complexity index is 1060. The molecule has 4 heterocycles. The van der Waals surface area contributed by atoms with E-state index in [0.717, 1.165) is 28.9 Å². The largest absolute Gasteiger partial charge is 0.451 e. The maximum absolute atomic E-state index is 12.7. The number of para-hydroxylation sites is 1. The van der Waals surface area contributed by atoms with Crippen molar-refractivity contribution in [2.45, 2.75) is 6.54 Å². The van der Waals surface area contributed by atoms with E-state index in [9.17, 15) is 4.79 Å². The topological polar surface area (TPSA) is 75.6 Å². The number of furan rings is 1. The third kappa shape index (κ3) is 3.32. The number of carbonyl (C=O) groups excluding carboxylic acids is 1. The van der Waals surface area contributed by atoms with E-state index in [-0.39, 0.29) is 5.91 Å². The molecule has 0 atom stereocenters. The van der Waals surface area contributed by atoms with Gasteiger partial charge < -0.3 is 13.8 Å². The van der Waals surface area contributed by atoms with Crippen molar-refractivity contribution >= 4 is 28.2 Å². The Kier molecular flexibility index (Phi) is 4.42. The first-order valence-electron chi connectivity index (χ1n) is 9.13. The van der Waals surface area contributed by atoms with Crippen LogP contribution in [0.4, 0.5) is 0 Å². The van der Waals surface area contributed by atoms with Gasteiger partial charge in [0.1, 0.15) is 5.58 Å². The molecule has 142 valence electrons. The van der Waals surface area contributed by atoms with E-state index in [4.69, 9.17) is 8.94 Å². The van der Waals surface area contributed by atoms with Gasteiger partial charge in [-0.3, -0.25) is 9.69 Å². The lowest BCUT2D eigenvalue weighted by molar-refractivity contribution is 0.0587. The lowest BCUT2D eigenvalue weighted by Crippen LogP contribution is -2.48. The Balaban J connectivity index is 1.20. The Labute approximate surface area is 165 Å². The smallest absolute Gasteiger partial charge is 0.289 e. The van der Waals surface area contributed by atoms with Crippen LogP contribution in [0.1, 0.15) is 16.4 Å². The van der Waals surface area contributed by atoms with Crippen LogP contribution in [0.3, 0.4) is 0 Å². The first kappa shape index (κ1) is 17.2. The third-order valence-corrected chi connectivity index (χ3v) is 5.73. The summed E-state index contributed by atoms with van der Waals surface area (Å²) in [5.41, 5.74) is 0.738. The first-order chi connectivity index (χ1) is 13.8. The number of aromatic nitrogens is 2. The first-order valence-corrected chi connectivity index (χ1v) is 10.0. The summed E-state index contributed by atoms with van der Waals surface area (Å²) in [5.74, 6) is 1.56. The molecule has 0 saturated carbocycles. The number of amides is 1. The fourth-order valence-corrected chi connectivity index (χ4v) is 4.02. The Morgan fingerprint density at radius 1 is 1.11 bits per heavy atom. The van der Waals surface area contributed by atoms with Crippen LogP contribution in [-0.2, 0) is 6.54 Å². The number of thiophene rings is 1. The summed E-state index contributed by atoms with van der Waals surface area (Å²) in [6.45, 7) is 3.38. The molecule has 0 spiro atoms. The molecule has 5 rings (SSSR count). The molecular weight excluding hydrogens is 376 g/mol. The molecule has 0 unspecified atom stereocenters. The fraction of sp³-hybridized carbons (Fsp3) is 0.250. The van der Waals surface area contributed by atoms with Crippen molar-refractivity contribution in [2.75, 3.05) is 26.2 Å². The SMILES string of the molecule is O=C(c1cc2ccccc2o1)N1CCN(Cc2nc(-c3cccs3)no2)CC1. The van der Waals surface area contributed by atoms with Crippen LogP contribution in [0.2, 0.25) is 0 Å². The highest BCUT2D eigenvalue weighted by molar-refractivity contribution is 7.13. The molecular formula is C20H18N4O3S. The van der Waals surface area contributed by atoms with Gasteiger partial charge in [-0.1, -0.05) is 29.4 Å². The van der Waals surface area contributed by atoms with Crippen molar-refractivity contribution in [2.24, 2.45) is 0 Å². The molecule has 1 aliphatic heterocycles. The molecule has 7 nitrogen and oxygen atoms in total. The predicted octanol–water partition coefficient (Wildman–Crippen LogP) is 3.50. The van der Waals surface area contributed by atoms with Gasteiger partial charge in [-0.15, -0.1) is 11.3 Å². The molecule has 8 heteroatoms. The van der Waals surface area contributed by atoms with Crippen LogP contribution < -0.4 is 0 Å². The molecule has 4 aromatic rings. The van der Waals surface area contributed by atoms with Crippen LogP contribution in [0.5, 0.6) is 0 Å². The van der Waals surface area contributed by atoms with Gasteiger partial charge >= 0.3 is 0 Å². The maximum Gasteiger partial charge on any atom is 0.289 e. The summed E-state index contributed by atoms with van der Waals surface area (Å²) in [7, 11) is 0. The second-order valence-corrected chi connectivity index (χ2v) is 7.65. The minimum atomic E-state index is -0.0615. The Hall–Kier alpha value is -2.97. The summed E-state index contributed by atoms with van der Waals surface area (Å²) in [6.07, 6.45) is 0. The van der Waals surface area contributed by atoms with E-state index in [1.807, 2.05) is 52.7 Å². The fourth-order valence-electron chi connectivity index (χ4n) is 3.37. The molecule has 1 aromatic carbocycles. The summed E-state index contributed by atoms with van der Waals surface area (Å²) < 4.78 is 11.1. The highest BCUT2D eigenvalue weighted by atomic mass is 32.1. The van der Waals surface area contributed by atoms with Crippen molar-refractivity contribution in [3.8, 4) is 10.7 Å². The molecule has 1 saturated heterocycles. The van der Waals surface area contributed by atoms with Gasteiger partial charge in [-0.05, 0) is 23.6 Å². The second kappa shape index (κ2) is 7.21. The van der Waals surface area contributed by atoms with E-state index in [1.54, 1.807) is 11.3 Å². The summed E-state index contributed by atoms with van der Waals surface area (Å²) in [6, 6.07) is 13.4. The van der Waals surface area contributed by atoms with Gasteiger partial charge in [0.2, 0.25) is 11.7 Å². The van der Waals surface area contributed by atoms with Gasteiger partial charge in [0.05, 0.1) is 11.4 Å². The van der Waals surface area contributed by atoms with E-state index < -0.39 is 0 Å². The van der Waals surface area contributed by atoms with Crippen molar-refractivity contribution in [1.82, 2.24) is 19.9 Å². The predicted molar refractivity (Wildman–Crippen MR) is 105 cm³/mol. The summed E-state index contributed by atoms with van der Waals surface area (Å²) >= 11 is 1.59. The zero-order valence-electron chi connectivity index (χ0n) is 15.1. The number of carbonyl (C=O) groups is 1. The Morgan fingerprint density at radius 3 is 2.75 bits per heavy atom. The van der Waals surface area contributed by atoms with E-state index in [2.05, 4.69) is 15.0 Å². The molecule has 1 amide bonds. The second-order valence-electron chi connectivity index (χ2n) is 6.71. The van der Waals surface area contributed by atoms with E-state index in [1.165, 1.54) is 0 Å². The molecule has 1 fully saturated rings. The van der Waals surface area contributed by atoms with Crippen LogP contribution in [-0.4, -0.2) is 52.0 Å². The van der Waals surface area contributed by atoms with E-state index >= 15 is 0 Å². The standard InChI is InChI=1S/C20H18N4O3S/c25-20(16-12-14-4-1-2-5-15(14)26-16)24-9-7-23(8-10-24)13-18-21-19(22-27-18)17-6-3-11-28-17/h1-6,11-12H,7-10,13H2. The average molecular weight is 394 g/mol. The molecule has 0 N–H and O–H groups in total. The van der Waals surface area contributed by atoms with Crippen molar-refractivity contribution in [1.29, 1.82) is 0 Å². The molecule has 0 aliphatic carbocycles. The number of piperazine rings is 1. The van der Waals surface area contributed by atoms with Crippen LogP contribution in [0.15, 0.2) is 56.8 Å². The third-order valence-electron chi connectivity index (χ3n) is 4.86. The summed E-state index contributed by atoms with van der Waals surface area (Å²) in [4.78, 5) is 22.3. The molecule has 0 radical (unpaired) electrons. The number of hydrogen-bond acceptors (Lipinski definition) is 7. The van der Waals surface area contributed by atoms with Crippen molar-refractivity contribution < 1.29 is 13.7 Å². The highest BCUT2D eigenvalue weighted by Gasteiger charge is 2.25. The molecule has 28 heavy (non-hydrogen) atoms. The number of hydrogen-bond donors (Lipinski definition) is 0. The highest BCUT2D eigenvalue weighted by Crippen LogP contribution is 2.23. The van der Waals surface area contributed by atoms with Crippen LogP contribution in [0, 0.1) is 0 Å². The average Bonchev–Trinajstić information content (AvgIpc) is 3.47. The van der Waals surface area contributed by atoms with Gasteiger partial charge in [-0.2, -0.15) is 4.98 Å². The van der Waals surface area contributed by atoms with Gasteiger partial charge in [0, 0.05) is 31.6 Å². The van der Waals surface area contributed by atoms with Crippen molar-refractivity contribution in [3.63, 3.8) is 0 Å². The molecule has 3 aromatic heterocycles. The number of nitrogens with zero attached hydrogens (tertiary/aromatic N) is 4. The van der Waals surface area contributed by atoms with Crippen LogP contribution in [0.25, 0.3) is 21.7 Å². The van der Waals surface area contributed by atoms with Gasteiger partial charge in [0.15, 0.2) is 5.76 Å². The minimum Gasteiger partial charge on any atom is -0.451 e. The van der Waals surface area contributed by atoms with E-state index in [0.29, 0.717) is 37.1 Å². The Morgan fingerprint density at radius 2 is 1.96 bits per heavy atom. The summed E-state index contributed by atoms with van der Waals surface area (Å²) in [5, 5.41) is 6.98. The zero-order chi connectivity index (χ0) is 18.9. The molecule has 1 aliphatic rings. The van der Waals surface area contributed by atoms with Crippen molar-refractivity contribution in [3.05, 3.63) is 59.5 Å². The van der Waals surface area contributed by atoms with Crippen LogP contribution >= 0.6 is 11.3 Å². The lowest BCUT2D eigenvalue weighted by Gasteiger charge is -2.33. The van der Waals surface area contributed by atoms with Gasteiger partial charge in [0.25, 0.3) is 5.91 Å². The zero-order valence-corrected chi connectivity index (χ0v) is 15.9. The van der Waals surface area contributed by atoms with Gasteiger partial charge in [-0.25, -0.2) is 0 Å². The number of fused-ring (bicyclic) bond motifs is 1. The quantitative estimate of drug-likeness (QED) is 0.527. The number of benzene rings is 1. The lowest BCUT2D eigenvalue weighted by atomic mass is 10.2. The number of rotatable bonds is 4. The monoisotopic (exact) mass is 394 g/mol. The normalized spacial score (nSPS) is 15.4. The molecule has 0 bridgehead atoms. The maximum atomic E-state index is 12.7. The minimum absolute atomic E-state index is 0.0615.